The van der Waals surface area contributed by atoms with Crippen molar-refractivity contribution in [3.8, 4) is 35.0 Å². The molecular formula is C46H42N2O11. The Labute approximate surface area is 338 Å². The lowest BCUT2D eigenvalue weighted by Gasteiger charge is -2.41. The van der Waals surface area contributed by atoms with Gasteiger partial charge < -0.3 is 54.0 Å². The number of nitrogens with one attached hydrogen (secondary N) is 1. The van der Waals surface area contributed by atoms with Gasteiger partial charge in [-0.15, -0.1) is 0 Å². The fourth-order valence-corrected chi connectivity index (χ4v) is 9.51. The first-order chi connectivity index (χ1) is 28.7. The summed E-state index contributed by atoms with van der Waals surface area (Å²) in [7, 11) is 1.50. The van der Waals surface area contributed by atoms with Gasteiger partial charge in [-0.2, -0.15) is 0 Å². The van der Waals surface area contributed by atoms with E-state index in [1.165, 1.54) is 12.0 Å². The van der Waals surface area contributed by atoms with Crippen LogP contribution in [0.1, 0.15) is 86.2 Å². The van der Waals surface area contributed by atoms with Crippen LogP contribution < -0.4 is 9.47 Å². The maximum atomic E-state index is 14.7. The second kappa shape index (κ2) is 14.7. The summed E-state index contributed by atoms with van der Waals surface area (Å²) in [5.74, 6) is 2.31. The number of phenolic OH excluding ortho intramolecular Hbond substituents is 2. The zero-order chi connectivity index (χ0) is 40.5. The smallest absolute Gasteiger partial charge is 0.254 e. The summed E-state index contributed by atoms with van der Waals surface area (Å²) in [6.45, 7) is -0.302. The number of amides is 1. The number of phenols is 2. The third kappa shape index (κ3) is 6.17. The molecule has 1 saturated carbocycles. The van der Waals surface area contributed by atoms with E-state index in [1.54, 1.807) is 48.7 Å². The average Bonchev–Trinajstić information content (AvgIpc) is 3.99. The van der Waals surface area contributed by atoms with Crippen molar-refractivity contribution in [2.45, 2.75) is 81.4 Å². The van der Waals surface area contributed by atoms with E-state index in [-0.39, 0.29) is 66.1 Å². The normalized spacial score (nSPS) is 26.1. The van der Waals surface area contributed by atoms with E-state index < -0.39 is 42.6 Å². The Kier molecular flexibility index (Phi) is 9.25. The van der Waals surface area contributed by atoms with Crippen LogP contribution in [0, 0.1) is 12.0 Å². The van der Waals surface area contributed by atoms with Crippen LogP contribution in [-0.4, -0.2) is 93.0 Å². The van der Waals surface area contributed by atoms with Gasteiger partial charge in [0.1, 0.15) is 47.4 Å². The number of methoxy groups -OCH3 is 1. The maximum absolute atomic E-state index is 14.7. The van der Waals surface area contributed by atoms with E-state index in [9.17, 15) is 30.0 Å². The van der Waals surface area contributed by atoms with Gasteiger partial charge in [-0.3, -0.25) is 9.59 Å². The monoisotopic (exact) mass is 798 g/mol. The molecule has 6 atom stereocenters. The van der Waals surface area contributed by atoms with Crippen LogP contribution in [0.15, 0.2) is 60.8 Å². The molecule has 0 spiro atoms. The molecule has 1 aliphatic carbocycles. The number of ketones is 1. The van der Waals surface area contributed by atoms with Crippen LogP contribution in [0.3, 0.4) is 0 Å². The number of nitrogens with zero attached hydrogens (tertiary/aromatic N) is 1. The number of hydrogen-bond donors (Lipinski definition) is 5. The zero-order valence-electron chi connectivity index (χ0n) is 32.1. The molecule has 5 N–H and O–H groups in total. The molecule has 5 heterocycles. The number of aromatic amines is 1. The van der Waals surface area contributed by atoms with Crippen LogP contribution in [0.5, 0.6) is 23.0 Å². The molecule has 13 nitrogen and oxygen atoms in total. The predicted molar refractivity (Wildman–Crippen MR) is 214 cm³/mol. The standard InChI is InChI=1S/C46H42N2O11/c1-55-35-18-25-17-28(23-7-2-3-8-23)39-33(50)21-48-20-30-24(9-4-11-26(30)45(48)54)10-6-16-56-44-40(51)36-22-57-34(29-19-47-31-12-5-13-32(49)38(29)31)15-14-27(35)43(37(25)41(39)52)59-46(58-36)42(44)53/h4-5,9,11-15,17-19,23,34,36,40,42,44,46-47,49,51-53H,2-3,7-8,10,20-22H2,1H3/b15-14+/t34-,36-,40-,42-,44+,46-/m1/s1. The van der Waals surface area contributed by atoms with Crippen molar-refractivity contribution in [1.29, 1.82) is 0 Å². The number of rotatable bonds is 3. The number of fused-ring (bicyclic) bond motifs is 5. The molecule has 1 aromatic heterocycles. The molecule has 8 bridgehead atoms. The van der Waals surface area contributed by atoms with Gasteiger partial charge in [0.2, 0.25) is 6.29 Å². The van der Waals surface area contributed by atoms with E-state index in [2.05, 4.69) is 17.0 Å². The number of aromatic nitrogens is 1. The van der Waals surface area contributed by atoms with Crippen molar-refractivity contribution in [2.24, 2.45) is 0 Å². The summed E-state index contributed by atoms with van der Waals surface area (Å²) in [5.41, 5.74) is 4.36. The summed E-state index contributed by atoms with van der Waals surface area (Å²) < 4.78 is 31.4. The van der Waals surface area contributed by atoms with Gasteiger partial charge in [-0.25, -0.2) is 0 Å². The highest BCUT2D eigenvalue weighted by Gasteiger charge is 2.48. The van der Waals surface area contributed by atoms with Gasteiger partial charge in [-0.05, 0) is 77.2 Å². The van der Waals surface area contributed by atoms with Crippen molar-refractivity contribution in [1.82, 2.24) is 9.88 Å². The van der Waals surface area contributed by atoms with Crippen molar-refractivity contribution in [3.63, 3.8) is 0 Å². The van der Waals surface area contributed by atoms with E-state index in [0.717, 1.165) is 36.8 Å². The van der Waals surface area contributed by atoms with E-state index in [1.807, 2.05) is 18.2 Å². The summed E-state index contributed by atoms with van der Waals surface area (Å²) in [4.78, 5) is 33.2. The first-order valence-corrected chi connectivity index (χ1v) is 19.9. The van der Waals surface area contributed by atoms with Crippen molar-refractivity contribution in [2.75, 3.05) is 20.3 Å². The maximum Gasteiger partial charge on any atom is 0.254 e. The van der Waals surface area contributed by atoms with Crippen molar-refractivity contribution < 1.29 is 53.7 Å². The minimum atomic E-state index is -1.61. The Morgan fingerprint density at radius 3 is 2.63 bits per heavy atom. The number of hydrogen-bond acceptors (Lipinski definition) is 11. The topological polar surface area (TPSA) is 180 Å². The lowest BCUT2D eigenvalue weighted by Crippen LogP contribution is -2.60. The summed E-state index contributed by atoms with van der Waals surface area (Å²) in [6.07, 6.45) is 3.71. The van der Waals surface area contributed by atoms with Gasteiger partial charge in [0.15, 0.2) is 18.0 Å². The first-order valence-electron chi connectivity index (χ1n) is 19.9. The van der Waals surface area contributed by atoms with E-state index in [0.29, 0.717) is 44.3 Å². The lowest BCUT2D eigenvalue weighted by molar-refractivity contribution is -0.279. The Hall–Kier alpha value is -6.04. The highest BCUT2D eigenvalue weighted by atomic mass is 16.7. The highest BCUT2D eigenvalue weighted by Crippen LogP contribution is 2.49. The van der Waals surface area contributed by atoms with Gasteiger partial charge in [0.25, 0.3) is 5.91 Å². The molecule has 1 saturated heterocycles. The summed E-state index contributed by atoms with van der Waals surface area (Å²) in [5, 5.41) is 48.4. The first kappa shape index (κ1) is 37.2. The molecule has 4 aromatic carbocycles. The molecule has 5 aliphatic rings. The van der Waals surface area contributed by atoms with Gasteiger partial charge in [-0.1, -0.05) is 43.0 Å². The van der Waals surface area contributed by atoms with Gasteiger partial charge in [0.05, 0.1) is 36.8 Å². The number of carbonyl (C=O) groups is 2. The number of carbonyl (C=O) groups excluding carboxylic acids is 2. The van der Waals surface area contributed by atoms with Crippen molar-refractivity contribution in [3.05, 3.63) is 99.7 Å². The van der Waals surface area contributed by atoms with Crippen LogP contribution >= 0.6 is 0 Å². The molecule has 0 radical (unpaired) electrons. The minimum Gasteiger partial charge on any atom is -0.507 e. The summed E-state index contributed by atoms with van der Waals surface area (Å²) >= 11 is 0. The number of Topliss-reactive ketones (excluding diaryl/α,β-unsaturated/α-hetero) is 1. The number of aliphatic hydroxyl groups is 2. The lowest BCUT2D eigenvalue weighted by atomic mass is 9.86. The quantitative estimate of drug-likeness (QED) is 0.140. The molecule has 4 aliphatic heterocycles. The zero-order valence-corrected chi connectivity index (χ0v) is 32.1. The Morgan fingerprint density at radius 2 is 1.80 bits per heavy atom. The molecule has 13 heteroatoms. The van der Waals surface area contributed by atoms with Crippen LogP contribution in [-0.2, 0) is 27.2 Å². The number of ether oxygens (including phenoxy) is 5. The molecule has 302 valence electrons. The number of H-pyrrole nitrogens is 1. The molecule has 1 amide bonds. The number of aromatic hydroxyl groups is 2. The molecule has 2 fully saturated rings. The van der Waals surface area contributed by atoms with Crippen molar-refractivity contribution >= 4 is 39.4 Å². The van der Waals surface area contributed by atoms with Gasteiger partial charge in [0, 0.05) is 41.2 Å². The molecule has 10 rings (SSSR count). The third-order valence-corrected chi connectivity index (χ3v) is 12.5. The van der Waals surface area contributed by atoms with E-state index in [4.69, 9.17) is 23.7 Å². The van der Waals surface area contributed by atoms with Crippen LogP contribution in [0.2, 0.25) is 0 Å². The van der Waals surface area contributed by atoms with Gasteiger partial charge >= 0.3 is 0 Å². The van der Waals surface area contributed by atoms with E-state index >= 15 is 0 Å². The number of aliphatic hydroxyl groups excluding tert-OH is 2. The molecule has 0 unspecified atom stereocenters. The Balaban J connectivity index is 1.22. The Morgan fingerprint density at radius 1 is 0.966 bits per heavy atom. The molecule has 59 heavy (non-hydrogen) atoms. The summed E-state index contributed by atoms with van der Waals surface area (Å²) in [6, 6.07) is 14.1. The SMILES string of the molecule is COc1cc2cc(C3CCCC3)c3c(O)c2c2c1/C=C/[C@H](c1c[nH]c4cccc(O)c14)OC[C@H]1O[C@H](O2)[C@H](O)[C@@H](OC#CCc2cccc4c2CN(CC3=O)C4=O)[C@@H]1O. The minimum absolute atomic E-state index is 0.0167. The largest absolute Gasteiger partial charge is 0.507 e. The predicted octanol–water partition coefficient (Wildman–Crippen LogP) is 5.75. The molecular weight excluding hydrogens is 757 g/mol. The van der Waals surface area contributed by atoms with Crippen LogP contribution in [0.25, 0.3) is 27.8 Å². The second-order valence-corrected chi connectivity index (χ2v) is 15.9. The second-order valence-electron chi connectivity index (χ2n) is 15.9. The number of benzene rings is 4. The van der Waals surface area contributed by atoms with Crippen LogP contribution in [0.4, 0.5) is 0 Å². The highest BCUT2D eigenvalue weighted by molar-refractivity contribution is 6.11. The fraction of sp³-hybridized carbons (Fsp3) is 0.348. The average molecular weight is 799 g/mol. The third-order valence-electron chi connectivity index (χ3n) is 12.5. The molecule has 5 aromatic rings. The Bertz CT molecular complexity index is 2630. The fourth-order valence-electron chi connectivity index (χ4n) is 9.51.